The highest BCUT2D eigenvalue weighted by Crippen LogP contribution is 2.37. The molecule has 0 amide bonds. The summed E-state index contributed by atoms with van der Waals surface area (Å²) in [5.74, 6) is 1.30. The Labute approximate surface area is 171 Å². The summed E-state index contributed by atoms with van der Waals surface area (Å²) in [7, 11) is -0.957. The van der Waals surface area contributed by atoms with Gasteiger partial charge in [0.05, 0.1) is 36.4 Å². The molecular formula is C20H26ClNO5S. The first-order valence-corrected chi connectivity index (χ1v) is 10.9. The standard InChI is InChI=1S/C20H26ClNO5S/c1-5-7-8-14-11-15(27-6-2)9-10-20(14)28(23,24)22-17-13-18(25-3)16(21)12-19(17)26-4/h9-13,22H,5-8H2,1-4H3. The third-order valence-electron chi connectivity index (χ3n) is 4.15. The fourth-order valence-corrected chi connectivity index (χ4v) is 4.32. The zero-order valence-corrected chi connectivity index (χ0v) is 18.1. The van der Waals surface area contributed by atoms with Gasteiger partial charge in [0.2, 0.25) is 0 Å². The van der Waals surface area contributed by atoms with E-state index in [1.165, 1.54) is 26.4 Å². The normalized spacial score (nSPS) is 11.2. The number of sulfonamides is 1. The number of unbranched alkanes of at least 4 members (excludes halogenated alkanes) is 1. The molecule has 0 aliphatic rings. The summed E-state index contributed by atoms with van der Waals surface area (Å²) >= 11 is 6.10. The van der Waals surface area contributed by atoms with Crippen molar-refractivity contribution in [2.24, 2.45) is 0 Å². The smallest absolute Gasteiger partial charge is 0.262 e. The number of nitrogens with one attached hydrogen (secondary N) is 1. The number of aryl methyl sites for hydroxylation is 1. The SMILES string of the molecule is CCCCc1cc(OCC)ccc1S(=O)(=O)Nc1cc(OC)c(Cl)cc1OC. The summed E-state index contributed by atoms with van der Waals surface area (Å²) in [4.78, 5) is 0.209. The molecule has 0 aromatic heterocycles. The Kier molecular flexibility index (Phi) is 7.83. The van der Waals surface area contributed by atoms with Crippen molar-refractivity contribution in [2.45, 2.75) is 38.0 Å². The van der Waals surface area contributed by atoms with Crippen LogP contribution in [0.25, 0.3) is 0 Å². The van der Waals surface area contributed by atoms with Gasteiger partial charge in [0.25, 0.3) is 10.0 Å². The van der Waals surface area contributed by atoms with Crippen LogP contribution in [-0.2, 0) is 16.4 Å². The molecule has 0 aliphatic heterocycles. The molecule has 8 heteroatoms. The van der Waals surface area contributed by atoms with Crippen molar-refractivity contribution in [1.29, 1.82) is 0 Å². The van der Waals surface area contributed by atoms with Crippen LogP contribution < -0.4 is 18.9 Å². The van der Waals surface area contributed by atoms with Gasteiger partial charge in [0.15, 0.2) is 0 Å². The second-order valence-corrected chi connectivity index (χ2v) is 8.16. The first-order valence-electron chi connectivity index (χ1n) is 9.06. The van der Waals surface area contributed by atoms with Crippen LogP contribution in [0, 0.1) is 0 Å². The quantitative estimate of drug-likeness (QED) is 0.583. The van der Waals surface area contributed by atoms with Gasteiger partial charge >= 0.3 is 0 Å². The molecule has 0 fully saturated rings. The summed E-state index contributed by atoms with van der Waals surface area (Å²) in [5.41, 5.74) is 0.958. The number of hydrogen-bond acceptors (Lipinski definition) is 5. The number of anilines is 1. The Hall–Kier alpha value is -2.12. The van der Waals surface area contributed by atoms with Crippen LogP contribution >= 0.6 is 11.6 Å². The molecule has 0 bridgehead atoms. The van der Waals surface area contributed by atoms with Gasteiger partial charge in [-0.1, -0.05) is 24.9 Å². The van der Waals surface area contributed by atoms with Crippen molar-refractivity contribution in [3.63, 3.8) is 0 Å². The van der Waals surface area contributed by atoms with E-state index in [1.54, 1.807) is 18.2 Å². The van der Waals surface area contributed by atoms with E-state index in [0.717, 1.165) is 12.8 Å². The van der Waals surface area contributed by atoms with Crippen molar-refractivity contribution in [3.05, 3.63) is 40.9 Å². The van der Waals surface area contributed by atoms with E-state index in [-0.39, 0.29) is 10.6 Å². The Balaban J connectivity index is 2.47. The Bertz CT molecular complexity index is 915. The van der Waals surface area contributed by atoms with E-state index in [1.807, 2.05) is 6.92 Å². The molecule has 2 aromatic rings. The second-order valence-electron chi connectivity index (χ2n) is 6.10. The number of halogens is 1. The lowest BCUT2D eigenvalue weighted by atomic mass is 10.1. The highest BCUT2D eigenvalue weighted by atomic mass is 35.5. The van der Waals surface area contributed by atoms with Crippen LogP contribution in [0.15, 0.2) is 35.2 Å². The maximum Gasteiger partial charge on any atom is 0.262 e. The third kappa shape index (κ3) is 5.23. The van der Waals surface area contributed by atoms with Crippen molar-refractivity contribution < 1.29 is 22.6 Å². The number of ether oxygens (including phenoxy) is 3. The fraction of sp³-hybridized carbons (Fsp3) is 0.400. The number of hydrogen-bond donors (Lipinski definition) is 1. The Morgan fingerprint density at radius 2 is 1.75 bits per heavy atom. The summed E-state index contributed by atoms with van der Waals surface area (Å²) in [6.45, 7) is 4.46. The number of rotatable bonds is 10. The van der Waals surface area contributed by atoms with Gasteiger partial charge in [0, 0.05) is 12.1 Å². The maximum atomic E-state index is 13.1. The lowest BCUT2D eigenvalue weighted by molar-refractivity contribution is 0.339. The van der Waals surface area contributed by atoms with Crippen LogP contribution in [0.3, 0.4) is 0 Å². The van der Waals surface area contributed by atoms with E-state index in [4.69, 9.17) is 25.8 Å². The van der Waals surface area contributed by atoms with Crippen LogP contribution in [0.4, 0.5) is 5.69 Å². The number of benzene rings is 2. The monoisotopic (exact) mass is 427 g/mol. The van der Waals surface area contributed by atoms with Gasteiger partial charge in [-0.3, -0.25) is 4.72 Å². The minimum Gasteiger partial charge on any atom is -0.495 e. The van der Waals surface area contributed by atoms with Crippen molar-refractivity contribution in [2.75, 3.05) is 25.5 Å². The Morgan fingerprint density at radius 3 is 2.36 bits per heavy atom. The highest BCUT2D eigenvalue weighted by Gasteiger charge is 2.22. The molecule has 0 spiro atoms. The molecule has 6 nitrogen and oxygen atoms in total. The minimum absolute atomic E-state index is 0.209. The molecule has 0 saturated heterocycles. The van der Waals surface area contributed by atoms with Gasteiger partial charge in [-0.25, -0.2) is 8.42 Å². The minimum atomic E-state index is -3.86. The lowest BCUT2D eigenvalue weighted by Gasteiger charge is -2.17. The summed E-state index contributed by atoms with van der Waals surface area (Å²) < 4.78 is 44.8. The molecule has 0 aliphatic carbocycles. The van der Waals surface area contributed by atoms with Crippen molar-refractivity contribution in [1.82, 2.24) is 0 Å². The van der Waals surface area contributed by atoms with Gasteiger partial charge in [-0.2, -0.15) is 0 Å². The first kappa shape index (κ1) is 22.2. The second kappa shape index (κ2) is 9.89. The molecule has 0 atom stereocenters. The molecular weight excluding hydrogens is 402 g/mol. The molecule has 0 unspecified atom stereocenters. The first-order chi connectivity index (χ1) is 13.4. The largest absolute Gasteiger partial charge is 0.495 e. The highest BCUT2D eigenvalue weighted by molar-refractivity contribution is 7.92. The molecule has 1 N–H and O–H groups in total. The average Bonchev–Trinajstić information content (AvgIpc) is 2.67. The zero-order chi connectivity index (χ0) is 20.7. The molecule has 154 valence electrons. The van der Waals surface area contributed by atoms with Crippen LogP contribution in [0.5, 0.6) is 17.2 Å². The Morgan fingerprint density at radius 1 is 1.04 bits per heavy atom. The predicted molar refractivity (Wildman–Crippen MR) is 112 cm³/mol. The molecule has 2 rings (SSSR count). The van der Waals surface area contributed by atoms with E-state index in [0.29, 0.717) is 40.9 Å². The average molecular weight is 428 g/mol. The van der Waals surface area contributed by atoms with Gasteiger partial charge in [-0.15, -0.1) is 0 Å². The van der Waals surface area contributed by atoms with Gasteiger partial charge in [0.1, 0.15) is 17.2 Å². The zero-order valence-electron chi connectivity index (χ0n) is 16.5. The van der Waals surface area contributed by atoms with E-state index in [2.05, 4.69) is 11.6 Å². The number of methoxy groups -OCH3 is 2. The van der Waals surface area contributed by atoms with Gasteiger partial charge in [-0.05, 0) is 43.5 Å². The summed E-state index contributed by atoms with van der Waals surface area (Å²) in [6.07, 6.45) is 2.46. The van der Waals surface area contributed by atoms with E-state index >= 15 is 0 Å². The fourth-order valence-electron chi connectivity index (χ4n) is 2.78. The molecule has 0 heterocycles. The lowest BCUT2D eigenvalue weighted by Crippen LogP contribution is -2.16. The third-order valence-corrected chi connectivity index (χ3v) is 5.91. The predicted octanol–water partition coefficient (Wildman–Crippen LogP) is 4.90. The molecule has 0 radical (unpaired) electrons. The van der Waals surface area contributed by atoms with Crippen molar-refractivity contribution >= 4 is 27.3 Å². The molecule has 28 heavy (non-hydrogen) atoms. The molecule has 0 saturated carbocycles. The summed E-state index contributed by atoms with van der Waals surface area (Å²) in [5, 5.41) is 0.326. The maximum absolute atomic E-state index is 13.1. The van der Waals surface area contributed by atoms with E-state index in [9.17, 15) is 8.42 Å². The van der Waals surface area contributed by atoms with Crippen LogP contribution in [0.1, 0.15) is 32.3 Å². The van der Waals surface area contributed by atoms with Gasteiger partial charge < -0.3 is 14.2 Å². The van der Waals surface area contributed by atoms with Crippen LogP contribution in [-0.4, -0.2) is 29.2 Å². The van der Waals surface area contributed by atoms with E-state index < -0.39 is 10.0 Å². The topological polar surface area (TPSA) is 73.9 Å². The summed E-state index contributed by atoms with van der Waals surface area (Å²) in [6, 6.07) is 8.02. The molecule has 2 aromatic carbocycles. The van der Waals surface area contributed by atoms with Crippen LogP contribution in [0.2, 0.25) is 5.02 Å². The van der Waals surface area contributed by atoms with Crippen molar-refractivity contribution in [3.8, 4) is 17.2 Å².